The quantitative estimate of drug-likeness (QED) is 0.801. The summed E-state index contributed by atoms with van der Waals surface area (Å²) in [5.74, 6) is 1.95. The molecule has 1 aromatic rings. The molecular formula is C18H27NO2. The van der Waals surface area contributed by atoms with Crippen molar-refractivity contribution < 1.29 is 9.47 Å². The van der Waals surface area contributed by atoms with E-state index in [-0.39, 0.29) is 0 Å². The second kappa shape index (κ2) is 7.17. The van der Waals surface area contributed by atoms with E-state index in [4.69, 9.17) is 9.47 Å². The molecular weight excluding hydrogens is 262 g/mol. The van der Waals surface area contributed by atoms with Gasteiger partial charge in [-0.25, -0.2) is 0 Å². The standard InChI is InChI=1S/C18H27NO2/c1-20-17-10-11-18(14(12-17)13-19-15-8-9-15)21-16-6-4-2-3-5-7-16/h10-12,15-16,19H,2-9,13H2,1H3. The maximum atomic E-state index is 6.32. The molecule has 0 radical (unpaired) electrons. The summed E-state index contributed by atoms with van der Waals surface area (Å²) < 4.78 is 11.7. The Kier molecular flexibility index (Phi) is 5.02. The molecule has 3 heteroatoms. The molecule has 0 saturated heterocycles. The Morgan fingerprint density at radius 2 is 1.81 bits per heavy atom. The molecule has 0 aromatic heterocycles. The third-order valence-electron chi connectivity index (χ3n) is 4.52. The fraction of sp³-hybridized carbons (Fsp3) is 0.667. The fourth-order valence-electron chi connectivity index (χ4n) is 3.02. The molecule has 2 fully saturated rings. The molecule has 2 aliphatic carbocycles. The van der Waals surface area contributed by atoms with Crippen molar-refractivity contribution in [3.05, 3.63) is 23.8 Å². The van der Waals surface area contributed by atoms with Crippen LogP contribution in [0.2, 0.25) is 0 Å². The first kappa shape index (κ1) is 14.7. The highest BCUT2D eigenvalue weighted by Gasteiger charge is 2.21. The molecule has 1 aromatic carbocycles. The average Bonchev–Trinajstić information content (AvgIpc) is 3.34. The van der Waals surface area contributed by atoms with Crippen molar-refractivity contribution in [1.82, 2.24) is 5.32 Å². The summed E-state index contributed by atoms with van der Waals surface area (Å²) in [5, 5.41) is 3.58. The van der Waals surface area contributed by atoms with E-state index in [1.165, 1.54) is 56.9 Å². The van der Waals surface area contributed by atoms with Crippen molar-refractivity contribution in [2.75, 3.05) is 7.11 Å². The molecule has 0 aliphatic heterocycles. The zero-order valence-corrected chi connectivity index (χ0v) is 13.1. The second-order valence-corrected chi connectivity index (χ2v) is 6.36. The van der Waals surface area contributed by atoms with Crippen LogP contribution in [0.15, 0.2) is 18.2 Å². The van der Waals surface area contributed by atoms with Gasteiger partial charge in [0, 0.05) is 18.2 Å². The molecule has 116 valence electrons. The van der Waals surface area contributed by atoms with Crippen molar-refractivity contribution in [3.8, 4) is 11.5 Å². The summed E-state index contributed by atoms with van der Waals surface area (Å²) in [6.07, 6.45) is 10.7. The molecule has 0 atom stereocenters. The number of nitrogens with one attached hydrogen (secondary N) is 1. The van der Waals surface area contributed by atoms with Gasteiger partial charge in [0.2, 0.25) is 0 Å². The number of hydrogen-bond donors (Lipinski definition) is 1. The van der Waals surface area contributed by atoms with Gasteiger partial charge in [0.25, 0.3) is 0 Å². The van der Waals surface area contributed by atoms with Crippen molar-refractivity contribution in [1.29, 1.82) is 0 Å². The third kappa shape index (κ3) is 4.37. The first-order chi connectivity index (χ1) is 10.3. The van der Waals surface area contributed by atoms with Gasteiger partial charge in [0.05, 0.1) is 13.2 Å². The van der Waals surface area contributed by atoms with Crippen LogP contribution in [0.25, 0.3) is 0 Å². The largest absolute Gasteiger partial charge is 0.497 e. The molecule has 3 rings (SSSR count). The maximum Gasteiger partial charge on any atom is 0.124 e. The van der Waals surface area contributed by atoms with Gasteiger partial charge < -0.3 is 14.8 Å². The fourth-order valence-corrected chi connectivity index (χ4v) is 3.02. The molecule has 0 bridgehead atoms. The van der Waals surface area contributed by atoms with E-state index in [1.807, 2.05) is 6.07 Å². The van der Waals surface area contributed by atoms with Crippen molar-refractivity contribution in [2.45, 2.75) is 70.1 Å². The Labute approximate surface area is 128 Å². The van der Waals surface area contributed by atoms with Gasteiger partial charge >= 0.3 is 0 Å². The highest BCUT2D eigenvalue weighted by atomic mass is 16.5. The summed E-state index contributed by atoms with van der Waals surface area (Å²) in [6.45, 7) is 0.879. The number of ether oxygens (including phenoxy) is 2. The normalized spacial score (nSPS) is 20.0. The Morgan fingerprint density at radius 3 is 2.48 bits per heavy atom. The highest BCUT2D eigenvalue weighted by Crippen LogP contribution is 2.29. The lowest BCUT2D eigenvalue weighted by atomic mass is 10.1. The predicted octanol–water partition coefficient (Wildman–Crippen LogP) is 4.05. The first-order valence-electron chi connectivity index (χ1n) is 8.42. The summed E-state index contributed by atoms with van der Waals surface area (Å²) in [5.41, 5.74) is 1.23. The smallest absolute Gasteiger partial charge is 0.124 e. The van der Waals surface area contributed by atoms with Gasteiger partial charge in [-0.15, -0.1) is 0 Å². The average molecular weight is 289 g/mol. The molecule has 2 saturated carbocycles. The van der Waals surface area contributed by atoms with Crippen LogP contribution in [0.5, 0.6) is 11.5 Å². The summed E-state index contributed by atoms with van der Waals surface area (Å²) in [6, 6.07) is 6.91. The van der Waals surface area contributed by atoms with Crippen LogP contribution in [0.3, 0.4) is 0 Å². The van der Waals surface area contributed by atoms with Gasteiger partial charge in [0.15, 0.2) is 0 Å². The summed E-state index contributed by atoms with van der Waals surface area (Å²) >= 11 is 0. The lowest BCUT2D eigenvalue weighted by Gasteiger charge is -2.20. The van der Waals surface area contributed by atoms with Crippen molar-refractivity contribution in [2.24, 2.45) is 0 Å². The zero-order chi connectivity index (χ0) is 14.5. The predicted molar refractivity (Wildman–Crippen MR) is 85.0 cm³/mol. The zero-order valence-electron chi connectivity index (χ0n) is 13.1. The van der Waals surface area contributed by atoms with Gasteiger partial charge in [-0.3, -0.25) is 0 Å². The Morgan fingerprint density at radius 1 is 1.05 bits per heavy atom. The minimum Gasteiger partial charge on any atom is -0.497 e. The van der Waals surface area contributed by atoms with E-state index in [9.17, 15) is 0 Å². The van der Waals surface area contributed by atoms with Crippen LogP contribution in [-0.4, -0.2) is 19.3 Å². The van der Waals surface area contributed by atoms with E-state index < -0.39 is 0 Å². The highest BCUT2D eigenvalue weighted by molar-refractivity contribution is 5.40. The van der Waals surface area contributed by atoms with Crippen LogP contribution in [0, 0.1) is 0 Å². The molecule has 2 aliphatic rings. The van der Waals surface area contributed by atoms with Gasteiger partial charge in [-0.1, -0.05) is 12.8 Å². The SMILES string of the molecule is COc1ccc(OC2CCCCCC2)c(CNC2CC2)c1. The van der Waals surface area contributed by atoms with Crippen LogP contribution in [0.4, 0.5) is 0 Å². The van der Waals surface area contributed by atoms with E-state index in [1.54, 1.807) is 7.11 Å². The van der Waals surface area contributed by atoms with Gasteiger partial charge in [-0.05, 0) is 56.7 Å². The minimum atomic E-state index is 0.389. The molecule has 0 amide bonds. The lowest BCUT2D eigenvalue weighted by Crippen LogP contribution is -2.19. The monoisotopic (exact) mass is 289 g/mol. The Balaban J connectivity index is 1.68. The summed E-state index contributed by atoms with van der Waals surface area (Å²) in [4.78, 5) is 0. The second-order valence-electron chi connectivity index (χ2n) is 6.36. The molecule has 0 unspecified atom stereocenters. The lowest BCUT2D eigenvalue weighted by molar-refractivity contribution is 0.181. The number of benzene rings is 1. The van der Waals surface area contributed by atoms with Crippen LogP contribution in [0.1, 0.15) is 56.9 Å². The molecule has 0 spiro atoms. The first-order valence-corrected chi connectivity index (χ1v) is 8.42. The molecule has 0 heterocycles. The summed E-state index contributed by atoms with van der Waals surface area (Å²) in [7, 11) is 1.72. The number of methoxy groups -OCH3 is 1. The van der Waals surface area contributed by atoms with Gasteiger partial charge in [0.1, 0.15) is 11.5 Å². The number of rotatable bonds is 6. The Hall–Kier alpha value is -1.22. The topological polar surface area (TPSA) is 30.5 Å². The van der Waals surface area contributed by atoms with Crippen LogP contribution in [-0.2, 0) is 6.54 Å². The van der Waals surface area contributed by atoms with Gasteiger partial charge in [-0.2, -0.15) is 0 Å². The van der Waals surface area contributed by atoms with Crippen molar-refractivity contribution in [3.63, 3.8) is 0 Å². The molecule has 21 heavy (non-hydrogen) atoms. The van der Waals surface area contributed by atoms with E-state index in [0.29, 0.717) is 12.1 Å². The third-order valence-corrected chi connectivity index (χ3v) is 4.52. The van der Waals surface area contributed by atoms with E-state index >= 15 is 0 Å². The van der Waals surface area contributed by atoms with E-state index in [2.05, 4.69) is 17.4 Å². The van der Waals surface area contributed by atoms with Crippen LogP contribution >= 0.6 is 0 Å². The molecule has 3 nitrogen and oxygen atoms in total. The van der Waals surface area contributed by atoms with E-state index in [0.717, 1.165) is 18.0 Å². The maximum absolute atomic E-state index is 6.32. The minimum absolute atomic E-state index is 0.389. The van der Waals surface area contributed by atoms with Crippen LogP contribution < -0.4 is 14.8 Å². The molecule has 1 N–H and O–H groups in total. The Bertz CT molecular complexity index is 449. The van der Waals surface area contributed by atoms with Crippen molar-refractivity contribution >= 4 is 0 Å². The number of hydrogen-bond acceptors (Lipinski definition) is 3.